The Morgan fingerprint density at radius 2 is 1.66 bits per heavy atom. The molecular weight excluding hydrogens is 382 g/mol. The van der Waals surface area contributed by atoms with E-state index < -0.39 is 29.6 Å². The number of ether oxygens (including phenoxy) is 3. The molecule has 0 bridgehead atoms. The fourth-order valence-electron chi connectivity index (χ4n) is 3.86. The van der Waals surface area contributed by atoms with Gasteiger partial charge in [0.25, 0.3) is 5.91 Å². The highest BCUT2D eigenvalue weighted by atomic mass is 16.8. The number of hydrogen-bond acceptors (Lipinski definition) is 9. The van der Waals surface area contributed by atoms with Gasteiger partial charge in [-0.1, -0.05) is 0 Å². The molecule has 3 aliphatic rings. The van der Waals surface area contributed by atoms with Crippen molar-refractivity contribution in [3.8, 4) is 0 Å². The molecule has 1 amide bonds. The quantitative estimate of drug-likeness (QED) is 0.548. The number of rotatable bonds is 3. The van der Waals surface area contributed by atoms with Gasteiger partial charge in [0.15, 0.2) is 0 Å². The van der Waals surface area contributed by atoms with E-state index in [0.717, 1.165) is 0 Å². The van der Waals surface area contributed by atoms with Gasteiger partial charge in [-0.3, -0.25) is 9.69 Å². The summed E-state index contributed by atoms with van der Waals surface area (Å²) in [7, 11) is 0. The predicted octanol–water partition coefficient (Wildman–Crippen LogP) is 1.89. The van der Waals surface area contributed by atoms with Gasteiger partial charge in [-0.25, -0.2) is 9.59 Å². The molecule has 29 heavy (non-hydrogen) atoms. The van der Waals surface area contributed by atoms with Gasteiger partial charge in [-0.15, -0.1) is 5.06 Å². The number of carbonyl (C=O) groups excluding carboxylic acids is 3. The molecule has 0 aromatic heterocycles. The SMILES string of the molecule is CC(C)(C)OC(=O)OC1=C(CN)C2CCN(OC(=O)OC(C)(C)C)[C@@H]3C(=O)N1[C@H]23. The number of amides is 1. The number of nitrogens with two attached hydrogens (primary N) is 1. The smallest absolute Gasteiger partial charge is 0.428 e. The van der Waals surface area contributed by atoms with Crippen molar-refractivity contribution < 1.29 is 33.4 Å². The molecule has 3 atom stereocenters. The summed E-state index contributed by atoms with van der Waals surface area (Å²) < 4.78 is 15.7. The molecule has 0 saturated carbocycles. The normalized spacial score (nSPS) is 26.7. The molecule has 0 aliphatic carbocycles. The van der Waals surface area contributed by atoms with Gasteiger partial charge in [0.2, 0.25) is 5.88 Å². The van der Waals surface area contributed by atoms with E-state index in [4.69, 9.17) is 24.8 Å². The topological polar surface area (TPSA) is 121 Å². The predicted molar refractivity (Wildman–Crippen MR) is 100.0 cm³/mol. The lowest BCUT2D eigenvalue weighted by Crippen LogP contribution is -2.72. The Bertz CT molecular complexity index is 750. The van der Waals surface area contributed by atoms with E-state index in [-0.39, 0.29) is 30.3 Å². The lowest BCUT2D eigenvalue weighted by Gasteiger charge is -2.51. The lowest BCUT2D eigenvalue weighted by molar-refractivity contribution is -0.223. The largest absolute Gasteiger partial charge is 0.528 e. The molecule has 10 heteroatoms. The van der Waals surface area contributed by atoms with Crippen molar-refractivity contribution in [3.05, 3.63) is 11.5 Å². The minimum absolute atomic E-state index is 0.0707. The molecule has 0 aromatic rings. The summed E-state index contributed by atoms with van der Waals surface area (Å²) in [4.78, 5) is 43.7. The van der Waals surface area contributed by atoms with Crippen LogP contribution < -0.4 is 5.73 Å². The van der Waals surface area contributed by atoms with Gasteiger partial charge < -0.3 is 24.8 Å². The number of carbonyl (C=O) groups is 3. The molecule has 10 nitrogen and oxygen atoms in total. The van der Waals surface area contributed by atoms with Crippen molar-refractivity contribution >= 4 is 18.2 Å². The fraction of sp³-hybridized carbons (Fsp3) is 0.737. The van der Waals surface area contributed by atoms with E-state index in [0.29, 0.717) is 18.5 Å². The van der Waals surface area contributed by atoms with Crippen molar-refractivity contribution in [2.24, 2.45) is 11.7 Å². The average Bonchev–Trinajstić information content (AvgIpc) is 2.80. The fourth-order valence-corrected chi connectivity index (χ4v) is 3.86. The summed E-state index contributed by atoms with van der Waals surface area (Å²) in [6, 6.07) is -0.975. The van der Waals surface area contributed by atoms with E-state index in [1.807, 2.05) is 0 Å². The van der Waals surface area contributed by atoms with Gasteiger partial charge >= 0.3 is 12.3 Å². The monoisotopic (exact) mass is 411 g/mol. The van der Waals surface area contributed by atoms with Crippen LogP contribution in [-0.4, -0.2) is 64.6 Å². The molecule has 0 radical (unpaired) electrons. The zero-order valence-corrected chi connectivity index (χ0v) is 17.7. The maximum atomic E-state index is 12.8. The summed E-state index contributed by atoms with van der Waals surface area (Å²) in [5.74, 6) is -0.263. The molecule has 0 spiro atoms. The van der Waals surface area contributed by atoms with Crippen molar-refractivity contribution in [2.75, 3.05) is 13.1 Å². The zero-order valence-electron chi connectivity index (χ0n) is 17.7. The highest BCUT2D eigenvalue weighted by molar-refractivity contribution is 5.93. The minimum atomic E-state index is -0.893. The summed E-state index contributed by atoms with van der Waals surface area (Å²) in [6.45, 7) is 10.8. The van der Waals surface area contributed by atoms with Crippen LogP contribution in [0, 0.1) is 5.92 Å². The zero-order chi connectivity index (χ0) is 21.7. The van der Waals surface area contributed by atoms with E-state index >= 15 is 0 Å². The standard InChI is InChI=1S/C19H29N3O7/c1-18(2,3)27-16(24)26-15-11(9-20)10-7-8-21(13-12(10)22(15)14(13)23)29-17(25)28-19(4,5)6/h10,12-13H,7-9,20H2,1-6H3/t10?,12-,13+/m1/s1. The summed E-state index contributed by atoms with van der Waals surface area (Å²) in [5.41, 5.74) is 5.15. The van der Waals surface area contributed by atoms with Crippen LogP contribution in [0.2, 0.25) is 0 Å². The van der Waals surface area contributed by atoms with E-state index in [1.54, 1.807) is 41.5 Å². The Morgan fingerprint density at radius 1 is 1.07 bits per heavy atom. The van der Waals surface area contributed by atoms with Crippen LogP contribution in [0.4, 0.5) is 9.59 Å². The molecule has 3 aliphatic heterocycles. The number of β-lactam (4-membered cyclic amide) rings is 1. The number of nitrogens with zero attached hydrogens (tertiary/aromatic N) is 2. The molecule has 162 valence electrons. The molecule has 3 heterocycles. The molecule has 2 saturated heterocycles. The molecule has 1 unspecified atom stereocenters. The van der Waals surface area contributed by atoms with Crippen LogP contribution >= 0.6 is 0 Å². The Morgan fingerprint density at radius 3 is 2.21 bits per heavy atom. The van der Waals surface area contributed by atoms with Gasteiger partial charge in [-0.05, 0) is 48.0 Å². The summed E-state index contributed by atoms with van der Waals surface area (Å²) in [6.07, 6.45) is -1.17. The maximum Gasteiger partial charge on any atom is 0.528 e. The van der Waals surface area contributed by atoms with E-state index in [1.165, 1.54) is 9.96 Å². The van der Waals surface area contributed by atoms with Crippen LogP contribution in [0.25, 0.3) is 0 Å². The van der Waals surface area contributed by atoms with Crippen LogP contribution in [0.5, 0.6) is 0 Å². The molecule has 0 aromatic carbocycles. The minimum Gasteiger partial charge on any atom is -0.428 e. The second kappa shape index (κ2) is 7.17. The first-order chi connectivity index (χ1) is 13.3. The first-order valence-corrected chi connectivity index (χ1v) is 9.67. The molecular formula is C19H29N3O7. The Labute approximate surface area is 169 Å². The second-order valence-electron chi connectivity index (χ2n) is 9.34. The highest BCUT2D eigenvalue weighted by Gasteiger charge is 2.64. The first-order valence-electron chi connectivity index (χ1n) is 9.67. The number of hydrogen-bond donors (Lipinski definition) is 1. The van der Waals surface area contributed by atoms with Crippen LogP contribution in [0.3, 0.4) is 0 Å². The van der Waals surface area contributed by atoms with Crippen molar-refractivity contribution in [2.45, 2.75) is 71.2 Å². The molecule has 2 fully saturated rings. The number of hydroxylamine groups is 2. The summed E-state index contributed by atoms with van der Waals surface area (Å²) in [5, 5.41) is 1.35. The van der Waals surface area contributed by atoms with E-state index in [2.05, 4.69) is 0 Å². The van der Waals surface area contributed by atoms with Gasteiger partial charge in [0.05, 0.1) is 6.04 Å². The third-order valence-electron chi connectivity index (χ3n) is 4.81. The third-order valence-corrected chi connectivity index (χ3v) is 4.81. The number of piperidine rings is 1. The van der Waals surface area contributed by atoms with Crippen LogP contribution in [-0.2, 0) is 23.8 Å². The van der Waals surface area contributed by atoms with Gasteiger partial charge in [0.1, 0.15) is 17.2 Å². The second-order valence-corrected chi connectivity index (χ2v) is 9.34. The highest BCUT2D eigenvalue weighted by Crippen LogP contribution is 2.49. The molecule has 2 N–H and O–H groups in total. The molecule has 3 rings (SSSR count). The summed E-state index contributed by atoms with van der Waals surface area (Å²) >= 11 is 0. The van der Waals surface area contributed by atoms with Gasteiger partial charge in [-0.2, -0.15) is 0 Å². The first kappa shape index (κ1) is 21.4. The van der Waals surface area contributed by atoms with Gasteiger partial charge in [0, 0.05) is 24.6 Å². The van der Waals surface area contributed by atoms with E-state index in [9.17, 15) is 14.4 Å². The van der Waals surface area contributed by atoms with Crippen LogP contribution in [0.15, 0.2) is 11.5 Å². The Hall–Kier alpha value is -2.33. The Kier molecular flexibility index (Phi) is 5.29. The van der Waals surface area contributed by atoms with Crippen molar-refractivity contribution in [3.63, 3.8) is 0 Å². The lowest BCUT2D eigenvalue weighted by atomic mass is 9.79. The maximum absolute atomic E-state index is 12.8. The van der Waals surface area contributed by atoms with Crippen molar-refractivity contribution in [1.29, 1.82) is 0 Å². The van der Waals surface area contributed by atoms with Crippen molar-refractivity contribution in [1.82, 2.24) is 9.96 Å². The Balaban J connectivity index is 1.73. The average molecular weight is 411 g/mol. The van der Waals surface area contributed by atoms with Crippen LogP contribution in [0.1, 0.15) is 48.0 Å². The third kappa shape index (κ3) is 4.18.